The second-order valence-corrected chi connectivity index (χ2v) is 6.57. The van der Waals surface area contributed by atoms with Crippen LogP contribution >= 0.6 is 0 Å². The molecule has 1 heterocycles. The van der Waals surface area contributed by atoms with Crippen molar-refractivity contribution in [2.75, 3.05) is 20.8 Å². The molecule has 2 atom stereocenters. The van der Waals surface area contributed by atoms with Crippen LogP contribution in [0, 0.1) is 6.92 Å². The number of benzene rings is 2. The summed E-state index contributed by atoms with van der Waals surface area (Å²) in [5.41, 5.74) is 3.06. The molecule has 5 heteroatoms. The third kappa shape index (κ3) is 3.27. The van der Waals surface area contributed by atoms with E-state index in [1.54, 1.807) is 14.2 Å². The van der Waals surface area contributed by atoms with E-state index in [9.17, 15) is 9.90 Å². The number of hydrogen-bond acceptors (Lipinski definition) is 4. The van der Waals surface area contributed by atoms with Crippen LogP contribution in [0.25, 0.3) is 0 Å². The summed E-state index contributed by atoms with van der Waals surface area (Å²) in [5, 5.41) is 9.74. The smallest absolute Gasteiger partial charge is 0.320 e. The van der Waals surface area contributed by atoms with Gasteiger partial charge in [0.25, 0.3) is 0 Å². The molecular weight excluding hydrogens is 330 g/mol. The molecule has 1 N–H and O–H groups in total. The Morgan fingerprint density at radius 2 is 1.77 bits per heavy atom. The maximum Gasteiger partial charge on any atom is 0.320 e. The van der Waals surface area contributed by atoms with Crippen LogP contribution in [-0.2, 0) is 4.79 Å². The van der Waals surface area contributed by atoms with Gasteiger partial charge >= 0.3 is 5.97 Å². The molecule has 0 amide bonds. The molecule has 1 saturated heterocycles. The molecule has 1 fully saturated rings. The fraction of sp³-hybridized carbons (Fsp3) is 0.381. The number of carboxylic acid groups (broad SMARTS) is 1. The summed E-state index contributed by atoms with van der Waals surface area (Å²) in [5.74, 6) is 0.622. The second-order valence-electron chi connectivity index (χ2n) is 6.57. The first-order valence-electron chi connectivity index (χ1n) is 8.83. The van der Waals surface area contributed by atoms with E-state index in [4.69, 9.17) is 9.47 Å². The quantitative estimate of drug-likeness (QED) is 0.857. The standard InChI is InChI=1S/C21H25NO4/c1-14-8-4-5-9-15(14)20(22-13-7-10-16(22)21(23)24)19-17(25-2)11-6-12-18(19)26-3/h4-6,8-9,11-12,16,20H,7,10,13H2,1-3H3,(H,23,24). The van der Waals surface area contributed by atoms with Crippen molar-refractivity contribution >= 4 is 5.97 Å². The molecule has 5 nitrogen and oxygen atoms in total. The minimum atomic E-state index is -0.782. The Morgan fingerprint density at radius 1 is 1.12 bits per heavy atom. The van der Waals surface area contributed by atoms with Gasteiger partial charge in [-0.15, -0.1) is 0 Å². The van der Waals surface area contributed by atoms with E-state index in [0.717, 1.165) is 29.7 Å². The Morgan fingerprint density at radius 3 is 2.35 bits per heavy atom. The lowest BCUT2D eigenvalue weighted by Crippen LogP contribution is -2.39. The molecule has 1 aliphatic rings. The highest BCUT2D eigenvalue weighted by atomic mass is 16.5. The highest BCUT2D eigenvalue weighted by molar-refractivity contribution is 5.74. The van der Waals surface area contributed by atoms with Crippen LogP contribution in [0.3, 0.4) is 0 Å². The fourth-order valence-electron chi connectivity index (χ4n) is 3.91. The summed E-state index contributed by atoms with van der Waals surface area (Å²) in [6, 6.07) is 13.0. The van der Waals surface area contributed by atoms with Gasteiger partial charge in [0.05, 0.1) is 25.8 Å². The van der Waals surface area contributed by atoms with E-state index in [0.29, 0.717) is 17.9 Å². The Balaban J connectivity index is 2.23. The lowest BCUT2D eigenvalue weighted by molar-refractivity contribution is -0.142. The van der Waals surface area contributed by atoms with Crippen molar-refractivity contribution in [1.29, 1.82) is 0 Å². The lowest BCUT2D eigenvalue weighted by atomic mass is 9.91. The first-order valence-corrected chi connectivity index (χ1v) is 8.83. The summed E-state index contributed by atoms with van der Waals surface area (Å²) in [6.07, 6.45) is 1.51. The highest BCUT2D eigenvalue weighted by Gasteiger charge is 2.39. The SMILES string of the molecule is COc1cccc(OC)c1C(c1ccccc1C)N1CCCC1C(=O)O. The molecule has 0 radical (unpaired) electrons. The predicted octanol–water partition coefficient (Wildman–Crippen LogP) is 3.65. The Bertz CT molecular complexity index is 767. The van der Waals surface area contributed by atoms with Crippen LogP contribution < -0.4 is 9.47 Å². The highest BCUT2D eigenvalue weighted by Crippen LogP contribution is 2.44. The van der Waals surface area contributed by atoms with Crippen LogP contribution in [0.2, 0.25) is 0 Å². The fourth-order valence-corrected chi connectivity index (χ4v) is 3.91. The number of carbonyl (C=O) groups is 1. The van der Waals surface area contributed by atoms with Crippen LogP contribution in [0.4, 0.5) is 0 Å². The van der Waals surface area contributed by atoms with E-state index < -0.39 is 12.0 Å². The molecule has 2 aromatic carbocycles. The molecule has 0 aromatic heterocycles. The molecule has 0 spiro atoms. The summed E-state index contributed by atoms with van der Waals surface area (Å²) < 4.78 is 11.3. The molecule has 0 aliphatic carbocycles. The third-order valence-electron chi connectivity index (χ3n) is 5.13. The average molecular weight is 355 g/mol. The first kappa shape index (κ1) is 18.3. The maximum absolute atomic E-state index is 11.9. The molecule has 0 bridgehead atoms. The molecular formula is C21H25NO4. The van der Waals surface area contributed by atoms with Gasteiger partial charge in [-0.25, -0.2) is 0 Å². The van der Waals surface area contributed by atoms with Gasteiger partial charge in [0.2, 0.25) is 0 Å². The van der Waals surface area contributed by atoms with E-state index in [2.05, 4.69) is 24.0 Å². The van der Waals surface area contributed by atoms with Crippen molar-refractivity contribution in [3.63, 3.8) is 0 Å². The van der Waals surface area contributed by atoms with Gasteiger partial charge in [0, 0.05) is 6.54 Å². The van der Waals surface area contributed by atoms with Crippen LogP contribution in [0.1, 0.15) is 35.6 Å². The van der Waals surface area contributed by atoms with Crippen molar-refractivity contribution in [3.8, 4) is 11.5 Å². The number of likely N-dealkylation sites (tertiary alicyclic amines) is 1. The Labute approximate surface area is 154 Å². The van der Waals surface area contributed by atoms with Gasteiger partial charge in [-0.3, -0.25) is 9.69 Å². The van der Waals surface area contributed by atoms with Gasteiger partial charge in [0.1, 0.15) is 17.5 Å². The van der Waals surface area contributed by atoms with Crippen LogP contribution in [-0.4, -0.2) is 42.8 Å². The molecule has 26 heavy (non-hydrogen) atoms. The number of carboxylic acids is 1. The summed E-state index contributed by atoms with van der Waals surface area (Å²) >= 11 is 0. The van der Waals surface area contributed by atoms with Crippen molar-refractivity contribution in [3.05, 3.63) is 59.2 Å². The van der Waals surface area contributed by atoms with Gasteiger partial charge in [0.15, 0.2) is 0 Å². The van der Waals surface area contributed by atoms with Gasteiger partial charge in [-0.05, 0) is 43.0 Å². The topological polar surface area (TPSA) is 59.0 Å². The van der Waals surface area contributed by atoms with E-state index in [1.165, 1.54) is 0 Å². The van der Waals surface area contributed by atoms with E-state index in [-0.39, 0.29) is 6.04 Å². The normalized spacial score (nSPS) is 18.5. The molecule has 0 saturated carbocycles. The molecule has 138 valence electrons. The molecule has 2 unspecified atom stereocenters. The number of hydrogen-bond donors (Lipinski definition) is 1. The summed E-state index contributed by atoms with van der Waals surface area (Å²) in [6.45, 7) is 2.77. The second kappa shape index (κ2) is 7.79. The van der Waals surface area contributed by atoms with Crippen LogP contribution in [0.5, 0.6) is 11.5 Å². The largest absolute Gasteiger partial charge is 0.496 e. The van der Waals surface area contributed by atoms with Crippen molar-refractivity contribution < 1.29 is 19.4 Å². The zero-order valence-corrected chi connectivity index (χ0v) is 15.4. The Hall–Kier alpha value is -2.53. The minimum Gasteiger partial charge on any atom is -0.496 e. The van der Waals surface area contributed by atoms with Crippen molar-refractivity contribution in [2.45, 2.75) is 31.8 Å². The first-order chi connectivity index (χ1) is 12.6. The number of rotatable bonds is 6. The predicted molar refractivity (Wildman–Crippen MR) is 99.9 cm³/mol. The lowest BCUT2D eigenvalue weighted by Gasteiger charge is -2.34. The molecule has 2 aromatic rings. The summed E-state index contributed by atoms with van der Waals surface area (Å²) in [4.78, 5) is 13.9. The molecule has 3 rings (SSSR count). The maximum atomic E-state index is 11.9. The number of aliphatic carboxylic acids is 1. The zero-order valence-electron chi connectivity index (χ0n) is 15.4. The average Bonchev–Trinajstić information content (AvgIpc) is 3.13. The number of nitrogens with zero attached hydrogens (tertiary/aromatic N) is 1. The van der Waals surface area contributed by atoms with Gasteiger partial charge in [-0.1, -0.05) is 30.3 Å². The van der Waals surface area contributed by atoms with E-state index in [1.807, 2.05) is 30.3 Å². The van der Waals surface area contributed by atoms with Gasteiger partial charge in [-0.2, -0.15) is 0 Å². The number of ether oxygens (including phenoxy) is 2. The molecule has 1 aliphatic heterocycles. The monoisotopic (exact) mass is 355 g/mol. The minimum absolute atomic E-state index is 0.245. The zero-order chi connectivity index (χ0) is 18.7. The Kier molecular flexibility index (Phi) is 5.47. The number of methoxy groups -OCH3 is 2. The van der Waals surface area contributed by atoms with Crippen molar-refractivity contribution in [1.82, 2.24) is 4.90 Å². The summed E-state index contributed by atoms with van der Waals surface area (Å²) in [7, 11) is 3.26. The van der Waals surface area contributed by atoms with Crippen molar-refractivity contribution in [2.24, 2.45) is 0 Å². The number of aryl methyl sites for hydroxylation is 1. The van der Waals surface area contributed by atoms with Crippen LogP contribution in [0.15, 0.2) is 42.5 Å². The third-order valence-corrected chi connectivity index (χ3v) is 5.13. The van der Waals surface area contributed by atoms with E-state index >= 15 is 0 Å². The van der Waals surface area contributed by atoms with Gasteiger partial charge < -0.3 is 14.6 Å².